The van der Waals surface area contributed by atoms with Crippen LogP contribution in [0, 0.1) is 5.92 Å². The van der Waals surface area contributed by atoms with Crippen molar-refractivity contribution >= 4 is 28.9 Å². The van der Waals surface area contributed by atoms with Gasteiger partial charge < -0.3 is 29.9 Å². The lowest BCUT2D eigenvalue weighted by atomic mass is 10.1. The molecule has 2 heterocycles. The molecule has 0 spiro atoms. The highest BCUT2D eigenvalue weighted by atomic mass is 16.5. The number of methoxy groups -OCH3 is 1. The van der Waals surface area contributed by atoms with Gasteiger partial charge in [0.15, 0.2) is 0 Å². The van der Waals surface area contributed by atoms with E-state index < -0.39 is 0 Å². The van der Waals surface area contributed by atoms with E-state index in [2.05, 4.69) is 26.5 Å². The number of para-hydroxylation sites is 2. The Morgan fingerprint density at radius 2 is 1.68 bits per heavy atom. The van der Waals surface area contributed by atoms with Crippen LogP contribution in [0.5, 0.6) is 5.75 Å². The van der Waals surface area contributed by atoms with Crippen molar-refractivity contribution in [3.8, 4) is 5.75 Å². The van der Waals surface area contributed by atoms with Crippen molar-refractivity contribution in [1.29, 1.82) is 0 Å². The van der Waals surface area contributed by atoms with Gasteiger partial charge in [0, 0.05) is 56.6 Å². The van der Waals surface area contributed by atoms with Crippen molar-refractivity contribution in [3.63, 3.8) is 0 Å². The van der Waals surface area contributed by atoms with Crippen molar-refractivity contribution in [2.45, 2.75) is 44.6 Å². The van der Waals surface area contributed by atoms with Gasteiger partial charge in [-0.25, -0.2) is 0 Å². The summed E-state index contributed by atoms with van der Waals surface area (Å²) in [4.78, 5) is 30.7. The quantitative estimate of drug-likeness (QED) is 0.562. The maximum atomic E-state index is 13.4. The molecule has 2 saturated heterocycles. The van der Waals surface area contributed by atoms with Crippen LogP contribution < -0.4 is 25.2 Å². The van der Waals surface area contributed by atoms with Gasteiger partial charge in [-0.15, -0.1) is 0 Å². The van der Waals surface area contributed by atoms with Gasteiger partial charge >= 0.3 is 0 Å². The molecule has 0 bridgehead atoms. The smallest absolute Gasteiger partial charge is 0.253 e. The second-order valence-electron chi connectivity index (χ2n) is 10.2. The Hall–Kier alpha value is -3.26. The molecule has 0 radical (unpaired) electrons. The minimum absolute atomic E-state index is 0.0568. The minimum atomic E-state index is -0.130. The number of hydrogen-bond donors (Lipinski definition) is 2. The minimum Gasteiger partial charge on any atom is -0.495 e. The van der Waals surface area contributed by atoms with E-state index >= 15 is 0 Å². The highest BCUT2D eigenvalue weighted by Gasteiger charge is 2.26. The third kappa shape index (κ3) is 6.01. The predicted octanol–water partition coefficient (Wildman–Crippen LogP) is 4.06. The van der Waals surface area contributed by atoms with Crippen LogP contribution in [-0.2, 0) is 9.53 Å². The van der Waals surface area contributed by atoms with Gasteiger partial charge in [0.1, 0.15) is 5.75 Å². The Bertz CT molecular complexity index is 1090. The molecule has 1 atom stereocenters. The first-order valence-corrected chi connectivity index (χ1v) is 13.6. The number of anilines is 3. The number of carbonyl (C=O) groups excluding carboxylic acids is 2. The summed E-state index contributed by atoms with van der Waals surface area (Å²) in [7, 11) is 1.70. The van der Waals surface area contributed by atoms with E-state index in [1.54, 1.807) is 7.11 Å². The summed E-state index contributed by atoms with van der Waals surface area (Å²) in [6, 6.07) is 13.8. The van der Waals surface area contributed by atoms with Crippen LogP contribution >= 0.6 is 0 Å². The van der Waals surface area contributed by atoms with E-state index in [0.29, 0.717) is 17.8 Å². The summed E-state index contributed by atoms with van der Waals surface area (Å²) >= 11 is 0. The number of nitrogens with one attached hydrogen (secondary N) is 2. The molecule has 8 heteroatoms. The monoisotopic (exact) mass is 506 g/mol. The lowest BCUT2D eigenvalue weighted by Gasteiger charge is -2.38. The molecular weight excluding hydrogens is 468 g/mol. The van der Waals surface area contributed by atoms with Crippen LogP contribution in [0.25, 0.3) is 0 Å². The fourth-order valence-corrected chi connectivity index (χ4v) is 5.69. The van der Waals surface area contributed by atoms with E-state index in [-0.39, 0.29) is 23.8 Å². The van der Waals surface area contributed by atoms with Crippen LogP contribution in [0.3, 0.4) is 0 Å². The van der Waals surface area contributed by atoms with E-state index in [9.17, 15) is 9.59 Å². The molecule has 2 aromatic rings. The predicted molar refractivity (Wildman–Crippen MR) is 146 cm³/mol. The van der Waals surface area contributed by atoms with Crippen LogP contribution in [0.4, 0.5) is 17.1 Å². The zero-order chi connectivity index (χ0) is 25.6. The summed E-state index contributed by atoms with van der Waals surface area (Å²) in [6.07, 6.45) is 6.16. The van der Waals surface area contributed by atoms with Gasteiger partial charge in [0.2, 0.25) is 5.91 Å². The maximum absolute atomic E-state index is 13.4. The normalized spacial score (nSPS) is 20.2. The average molecular weight is 507 g/mol. The number of ether oxygens (including phenoxy) is 2. The van der Waals surface area contributed by atoms with Crippen molar-refractivity contribution in [2.24, 2.45) is 5.92 Å². The second kappa shape index (κ2) is 11.9. The molecule has 2 aliphatic heterocycles. The Kier molecular flexibility index (Phi) is 8.14. The Morgan fingerprint density at radius 3 is 2.38 bits per heavy atom. The van der Waals surface area contributed by atoms with Crippen LogP contribution in [0.2, 0.25) is 0 Å². The molecule has 37 heavy (non-hydrogen) atoms. The van der Waals surface area contributed by atoms with Gasteiger partial charge in [-0.1, -0.05) is 25.0 Å². The fraction of sp³-hybridized carbons (Fsp3) is 0.517. The lowest BCUT2D eigenvalue weighted by Crippen LogP contribution is -2.47. The van der Waals surface area contributed by atoms with Crippen molar-refractivity contribution in [1.82, 2.24) is 5.32 Å². The van der Waals surface area contributed by atoms with Gasteiger partial charge in [0.25, 0.3) is 5.91 Å². The number of piperazine rings is 1. The third-order valence-electron chi connectivity index (χ3n) is 7.80. The largest absolute Gasteiger partial charge is 0.495 e. The van der Waals surface area contributed by atoms with Crippen LogP contribution in [0.1, 0.15) is 48.9 Å². The molecule has 1 aliphatic carbocycles. The summed E-state index contributed by atoms with van der Waals surface area (Å²) in [5.74, 6) is 0.864. The Labute approximate surface area is 219 Å². The number of nitrogens with zero attached hydrogens (tertiary/aromatic N) is 2. The van der Waals surface area contributed by atoms with Crippen LogP contribution in [-0.4, -0.2) is 64.4 Å². The summed E-state index contributed by atoms with van der Waals surface area (Å²) < 4.78 is 11.3. The fourth-order valence-electron chi connectivity index (χ4n) is 5.69. The van der Waals surface area contributed by atoms with Gasteiger partial charge in [-0.2, -0.15) is 0 Å². The van der Waals surface area contributed by atoms with E-state index in [1.165, 1.54) is 0 Å². The zero-order valence-electron chi connectivity index (χ0n) is 21.7. The van der Waals surface area contributed by atoms with Gasteiger partial charge in [0.05, 0.1) is 24.5 Å². The average Bonchev–Trinajstić information content (AvgIpc) is 3.67. The number of carbonyl (C=O) groups is 2. The van der Waals surface area contributed by atoms with E-state index in [1.807, 2.05) is 36.4 Å². The SMILES string of the molecule is COc1ccccc1N1CCN(c2ccc(NC(=O)C3CCCC3)cc2C(=O)NCC2CCCO2)CC1. The molecular formula is C29H38N4O4. The number of rotatable bonds is 8. The van der Waals surface area contributed by atoms with E-state index in [0.717, 1.165) is 88.4 Å². The third-order valence-corrected chi connectivity index (χ3v) is 7.80. The molecule has 3 aliphatic rings. The molecule has 3 fully saturated rings. The topological polar surface area (TPSA) is 83.1 Å². The van der Waals surface area contributed by atoms with Gasteiger partial charge in [-0.3, -0.25) is 9.59 Å². The Morgan fingerprint density at radius 1 is 0.946 bits per heavy atom. The summed E-state index contributed by atoms with van der Waals surface area (Å²) in [5, 5.41) is 6.14. The first-order chi connectivity index (χ1) is 18.1. The van der Waals surface area contributed by atoms with Gasteiger partial charge in [-0.05, 0) is 56.0 Å². The Balaban J connectivity index is 1.32. The highest BCUT2D eigenvalue weighted by Crippen LogP contribution is 2.32. The number of hydrogen-bond acceptors (Lipinski definition) is 6. The molecule has 2 N–H and O–H groups in total. The summed E-state index contributed by atoms with van der Waals surface area (Å²) in [6.45, 7) is 4.44. The molecule has 0 aromatic heterocycles. The molecule has 198 valence electrons. The van der Waals surface area contributed by atoms with E-state index in [4.69, 9.17) is 9.47 Å². The number of benzene rings is 2. The first-order valence-electron chi connectivity index (χ1n) is 13.6. The highest BCUT2D eigenvalue weighted by molar-refractivity contribution is 6.02. The molecule has 1 saturated carbocycles. The standard InChI is InChI=1S/C29H38N4O4/c1-36-27-11-5-4-10-26(27)33-16-14-32(15-17-33)25-13-12-22(31-28(34)21-7-2-3-8-21)19-24(25)29(35)30-20-23-9-6-18-37-23/h4-5,10-13,19,21,23H,2-3,6-9,14-18,20H2,1H3,(H,30,35)(H,31,34). The van der Waals surface area contributed by atoms with Crippen molar-refractivity contribution < 1.29 is 19.1 Å². The molecule has 2 amide bonds. The molecule has 2 aromatic carbocycles. The van der Waals surface area contributed by atoms with Crippen LogP contribution in [0.15, 0.2) is 42.5 Å². The molecule has 5 rings (SSSR count). The second-order valence-corrected chi connectivity index (χ2v) is 10.2. The number of amides is 2. The molecule has 1 unspecified atom stereocenters. The van der Waals surface area contributed by atoms with Crippen molar-refractivity contribution in [2.75, 3.05) is 61.6 Å². The first kappa shape index (κ1) is 25.4. The lowest BCUT2D eigenvalue weighted by molar-refractivity contribution is -0.119. The summed E-state index contributed by atoms with van der Waals surface area (Å²) in [5.41, 5.74) is 3.25. The zero-order valence-corrected chi connectivity index (χ0v) is 21.7. The maximum Gasteiger partial charge on any atom is 0.253 e. The van der Waals surface area contributed by atoms with Crippen molar-refractivity contribution in [3.05, 3.63) is 48.0 Å². The molecule has 8 nitrogen and oxygen atoms in total.